The summed E-state index contributed by atoms with van der Waals surface area (Å²) in [5.41, 5.74) is 8.55. The topological polar surface area (TPSA) is 132 Å². The van der Waals surface area contributed by atoms with E-state index in [1.165, 1.54) is 11.1 Å². The molecule has 2 amide bonds. The van der Waals surface area contributed by atoms with Crippen molar-refractivity contribution in [2.24, 2.45) is 5.73 Å². The average Bonchev–Trinajstić information content (AvgIpc) is 3.35. The number of thiocarbonyl (C=S) groups is 1. The maximum atomic E-state index is 13.6. The Morgan fingerprint density at radius 2 is 2.00 bits per heavy atom. The third-order valence-electron chi connectivity index (χ3n) is 6.33. The Morgan fingerprint density at radius 3 is 2.58 bits per heavy atom. The van der Waals surface area contributed by atoms with Gasteiger partial charge in [0.05, 0.1) is 11.9 Å². The fourth-order valence-electron chi connectivity index (χ4n) is 4.50. The average molecular weight is 458 g/mol. The van der Waals surface area contributed by atoms with E-state index in [9.17, 15) is 14.9 Å². The molecule has 1 aromatic carbocycles. The van der Waals surface area contributed by atoms with Crippen LogP contribution in [-0.4, -0.2) is 37.6 Å². The van der Waals surface area contributed by atoms with Crippen LogP contribution in [0, 0.1) is 18.3 Å². The molecule has 2 aliphatic rings. The Hall–Kier alpha value is -4.10. The van der Waals surface area contributed by atoms with Crippen molar-refractivity contribution in [2.45, 2.75) is 31.7 Å². The van der Waals surface area contributed by atoms with Crippen molar-refractivity contribution in [1.82, 2.24) is 15.2 Å². The molecule has 0 radical (unpaired) electrons. The van der Waals surface area contributed by atoms with Crippen LogP contribution in [0.5, 0.6) is 0 Å². The minimum atomic E-state index is -0.728. The molecule has 0 bridgehead atoms. The summed E-state index contributed by atoms with van der Waals surface area (Å²) in [6.45, 7) is 1.78. The minimum Gasteiger partial charge on any atom is -0.364 e. The van der Waals surface area contributed by atoms with E-state index in [0.717, 1.165) is 17.7 Å². The number of nitriles is 1. The van der Waals surface area contributed by atoms with E-state index in [1.54, 1.807) is 19.2 Å². The summed E-state index contributed by atoms with van der Waals surface area (Å²) in [6, 6.07) is 11.3. The fourth-order valence-corrected chi connectivity index (χ4v) is 4.96. The molecule has 0 atom stereocenters. The lowest BCUT2D eigenvalue weighted by Crippen LogP contribution is -2.55. The second-order valence-electron chi connectivity index (χ2n) is 8.17. The Morgan fingerprint density at radius 1 is 1.27 bits per heavy atom. The molecule has 10 heteroatoms. The molecule has 1 aliphatic heterocycles. The van der Waals surface area contributed by atoms with Crippen LogP contribution in [0.15, 0.2) is 42.7 Å². The standard InChI is InChI=1S/C23H19N7O2S/c1-13-9-16(11-26-18(13)10-24)29-21(32)23(7-2-8-23)30(22(29)33)15-5-3-14(4-6-15)17-12-27-28-19(17)20(25)31/h3-6,9,11-12H,2,7-8H2,1H3,(H2,25,31)(H,27,28). The SMILES string of the molecule is Cc1cc(N2C(=O)C3(CCC3)N(c3ccc(-c4c[nH]nc4C(N)=O)cc3)C2=S)cnc1C#N. The van der Waals surface area contributed by atoms with Gasteiger partial charge in [-0.15, -0.1) is 0 Å². The van der Waals surface area contributed by atoms with Gasteiger partial charge in [-0.2, -0.15) is 10.4 Å². The Kier molecular flexibility index (Phi) is 4.72. The number of rotatable bonds is 4. The van der Waals surface area contributed by atoms with Crippen LogP contribution in [0.2, 0.25) is 0 Å². The number of H-pyrrole nitrogens is 1. The van der Waals surface area contributed by atoms with Crippen molar-refractivity contribution in [3.8, 4) is 17.2 Å². The molecule has 33 heavy (non-hydrogen) atoms. The maximum Gasteiger partial charge on any atom is 0.269 e. The number of primary amides is 1. The van der Waals surface area contributed by atoms with E-state index in [1.807, 2.05) is 35.2 Å². The lowest BCUT2D eigenvalue weighted by molar-refractivity contribution is -0.123. The molecule has 2 fully saturated rings. The first-order valence-corrected chi connectivity index (χ1v) is 10.8. The van der Waals surface area contributed by atoms with E-state index in [4.69, 9.17) is 18.0 Å². The third-order valence-corrected chi connectivity index (χ3v) is 6.70. The summed E-state index contributed by atoms with van der Waals surface area (Å²) in [4.78, 5) is 32.8. The third kappa shape index (κ3) is 3.01. The number of aromatic amines is 1. The van der Waals surface area contributed by atoms with Gasteiger partial charge < -0.3 is 10.6 Å². The number of nitrogens with two attached hydrogens (primary N) is 1. The number of pyridine rings is 1. The number of benzene rings is 1. The quantitative estimate of drug-likeness (QED) is 0.576. The molecule has 1 saturated carbocycles. The van der Waals surface area contributed by atoms with Crippen LogP contribution in [-0.2, 0) is 4.79 Å². The summed E-state index contributed by atoms with van der Waals surface area (Å²) < 4.78 is 0. The van der Waals surface area contributed by atoms with Gasteiger partial charge in [0.2, 0.25) is 0 Å². The van der Waals surface area contributed by atoms with E-state index < -0.39 is 11.4 Å². The molecule has 2 aromatic heterocycles. The second-order valence-corrected chi connectivity index (χ2v) is 8.54. The molecular weight excluding hydrogens is 438 g/mol. The van der Waals surface area contributed by atoms with Gasteiger partial charge in [-0.05, 0) is 67.7 Å². The van der Waals surface area contributed by atoms with Gasteiger partial charge in [0.25, 0.3) is 11.8 Å². The molecule has 0 unspecified atom stereocenters. The summed E-state index contributed by atoms with van der Waals surface area (Å²) in [7, 11) is 0. The van der Waals surface area contributed by atoms with Crippen molar-refractivity contribution in [1.29, 1.82) is 5.26 Å². The predicted octanol–water partition coefficient (Wildman–Crippen LogP) is 2.81. The molecule has 3 aromatic rings. The molecule has 1 aliphatic carbocycles. The van der Waals surface area contributed by atoms with Gasteiger partial charge in [-0.1, -0.05) is 12.1 Å². The lowest BCUT2D eigenvalue weighted by atomic mass is 9.75. The summed E-state index contributed by atoms with van der Waals surface area (Å²) >= 11 is 5.79. The molecule has 5 rings (SSSR count). The van der Waals surface area contributed by atoms with Gasteiger partial charge in [-0.25, -0.2) is 4.98 Å². The number of carbonyl (C=O) groups excluding carboxylic acids is 2. The smallest absolute Gasteiger partial charge is 0.269 e. The fraction of sp³-hybridized carbons (Fsp3) is 0.217. The van der Waals surface area contributed by atoms with Crippen LogP contribution in [0.4, 0.5) is 11.4 Å². The van der Waals surface area contributed by atoms with Crippen molar-refractivity contribution in [2.75, 3.05) is 9.80 Å². The summed E-state index contributed by atoms with van der Waals surface area (Å²) in [6.07, 6.45) is 5.45. The van der Waals surface area contributed by atoms with E-state index in [-0.39, 0.29) is 11.6 Å². The molecule has 3 N–H and O–H groups in total. The normalized spacial score (nSPS) is 16.7. The molecule has 1 saturated heterocycles. The van der Waals surface area contributed by atoms with Gasteiger partial charge in [-0.3, -0.25) is 19.6 Å². The molecular formula is C23H19N7O2S. The van der Waals surface area contributed by atoms with Crippen molar-refractivity contribution >= 4 is 40.5 Å². The Bertz CT molecular complexity index is 1350. The maximum absolute atomic E-state index is 13.6. The van der Waals surface area contributed by atoms with Crippen molar-refractivity contribution in [3.05, 3.63) is 59.7 Å². The van der Waals surface area contributed by atoms with E-state index >= 15 is 0 Å². The first-order chi connectivity index (χ1) is 15.9. The summed E-state index contributed by atoms with van der Waals surface area (Å²) in [5.74, 6) is -0.698. The van der Waals surface area contributed by atoms with Crippen LogP contribution in [0.1, 0.15) is 41.0 Å². The summed E-state index contributed by atoms with van der Waals surface area (Å²) in [5, 5.41) is 16.1. The number of hydrogen-bond donors (Lipinski definition) is 2. The van der Waals surface area contributed by atoms with Crippen LogP contribution >= 0.6 is 12.2 Å². The largest absolute Gasteiger partial charge is 0.364 e. The van der Waals surface area contributed by atoms with Crippen LogP contribution < -0.4 is 15.5 Å². The first-order valence-electron chi connectivity index (χ1n) is 10.4. The number of aryl methyl sites for hydroxylation is 1. The highest BCUT2D eigenvalue weighted by atomic mass is 32.1. The van der Waals surface area contributed by atoms with Crippen LogP contribution in [0.3, 0.4) is 0 Å². The second kappa shape index (κ2) is 7.50. The number of hydrogen-bond acceptors (Lipinski definition) is 6. The molecule has 164 valence electrons. The first kappa shape index (κ1) is 20.8. The molecule has 9 nitrogen and oxygen atoms in total. The number of nitrogens with one attached hydrogen (secondary N) is 1. The zero-order chi connectivity index (χ0) is 23.3. The highest BCUT2D eigenvalue weighted by molar-refractivity contribution is 7.81. The van der Waals surface area contributed by atoms with Gasteiger partial charge in [0.1, 0.15) is 17.3 Å². The number of aromatic nitrogens is 3. The number of amides is 2. The molecule has 1 spiro atoms. The highest BCUT2D eigenvalue weighted by Gasteiger charge is 2.59. The minimum absolute atomic E-state index is 0.0837. The number of carbonyl (C=O) groups is 2. The lowest BCUT2D eigenvalue weighted by Gasteiger charge is -2.43. The van der Waals surface area contributed by atoms with Crippen molar-refractivity contribution < 1.29 is 9.59 Å². The van der Waals surface area contributed by atoms with Gasteiger partial charge in [0.15, 0.2) is 10.8 Å². The Balaban J connectivity index is 1.53. The zero-order valence-electron chi connectivity index (χ0n) is 17.7. The number of nitrogens with zero attached hydrogens (tertiary/aromatic N) is 5. The zero-order valence-corrected chi connectivity index (χ0v) is 18.5. The van der Waals surface area contributed by atoms with Crippen LogP contribution in [0.25, 0.3) is 11.1 Å². The molecule has 3 heterocycles. The van der Waals surface area contributed by atoms with E-state index in [0.29, 0.717) is 40.5 Å². The van der Waals surface area contributed by atoms with Gasteiger partial charge >= 0.3 is 0 Å². The highest BCUT2D eigenvalue weighted by Crippen LogP contribution is 2.48. The predicted molar refractivity (Wildman–Crippen MR) is 125 cm³/mol. The van der Waals surface area contributed by atoms with Gasteiger partial charge in [0, 0.05) is 17.4 Å². The number of anilines is 2. The van der Waals surface area contributed by atoms with E-state index in [2.05, 4.69) is 15.2 Å². The van der Waals surface area contributed by atoms with Crippen molar-refractivity contribution in [3.63, 3.8) is 0 Å². The Labute approximate surface area is 194 Å². The monoisotopic (exact) mass is 457 g/mol.